The molecule has 0 saturated heterocycles. The summed E-state index contributed by atoms with van der Waals surface area (Å²) in [7, 11) is 0. The molecular formula is C46H28N2O. The lowest BCUT2D eigenvalue weighted by Gasteiger charge is -2.12. The molecule has 0 aliphatic carbocycles. The van der Waals surface area contributed by atoms with Crippen LogP contribution >= 0.6 is 0 Å². The van der Waals surface area contributed by atoms with Crippen molar-refractivity contribution < 1.29 is 7.16 Å². The van der Waals surface area contributed by atoms with Gasteiger partial charge in [-0.2, -0.15) is 0 Å². The third-order valence-corrected chi connectivity index (χ3v) is 10.1. The van der Waals surface area contributed by atoms with Crippen LogP contribution in [0.2, 0.25) is 0 Å². The second-order valence-electron chi connectivity index (χ2n) is 12.8. The van der Waals surface area contributed by atoms with Gasteiger partial charge in [-0.25, -0.2) is 0 Å². The molecule has 0 N–H and O–H groups in total. The molecule has 0 bridgehead atoms. The van der Waals surface area contributed by atoms with Crippen molar-refractivity contribution in [2.24, 2.45) is 0 Å². The minimum absolute atomic E-state index is 0.113. The highest BCUT2D eigenvalue weighted by atomic mass is 16.3. The standard InChI is InChI=1S/C46H28N2O/c1-2-12-30-27-33(24-23-29(30)11-1)48-39-20-7-4-16-36(39)46-41(48)26-25-40-45(46)35-15-3-6-19-38(35)47(40)32-14-9-13-31(28-32)34-18-10-22-43-44(34)37-17-5-8-21-42(37)49-43/h1-28H/i8D,21D. The summed E-state index contributed by atoms with van der Waals surface area (Å²) in [5.74, 6) is 0. The van der Waals surface area contributed by atoms with Crippen molar-refractivity contribution in [1.29, 1.82) is 0 Å². The van der Waals surface area contributed by atoms with Crippen molar-refractivity contribution in [2.45, 2.75) is 0 Å². The molecule has 0 fully saturated rings. The van der Waals surface area contributed by atoms with Crippen LogP contribution in [0.15, 0.2) is 174 Å². The zero-order valence-electron chi connectivity index (χ0n) is 28.3. The van der Waals surface area contributed by atoms with E-state index in [9.17, 15) is 0 Å². The zero-order valence-corrected chi connectivity index (χ0v) is 26.3. The second kappa shape index (κ2) is 9.96. The molecule has 0 unspecified atom stereocenters. The number of hydrogen-bond donors (Lipinski definition) is 0. The molecule has 49 heavy (non-hydrogen) atoms. The molecule has 8 aromatic carbocycles. The summed E-state index contributed by atoms with van der Waals surface area (Å²) in [5.41, 5.74) is 10.1. The van der Waals surface area contributed by atoms with Crippen LogP contribution in [0.3, 0.4) is 0 Å². The van der Waals surface area contributed by atoms with Crippen LogP contribution in [0.4, 0.5) is 0 Å². The number of fused-ring (bicyclic) bond motifs is 11. The van der Waals surface area contributed by atoms with E-state index in [-0.39, 0.29) is 12.1 Å². The summed E-state index contributed by atoms with van der Waals surface area (Å²) in [6.07, 6.45) is 0. The van der Waals surface area contributed by atoms with Gasteiger partial charge in [-0.05, 0) is 82.5 Å². The quantitative estimate of drug-likeness (QED) is 0.191. The van der Waals surface area contributed by atoms with Gasteiger partial charge in [-0.15, -0.1) is 0 Å². The molecular weight excluding hydrogens is 597 g/mol. The van der Waals surface area contributed by atoms with Crippen molar-refractivity contribution >= 4 is 76.3 Å². The van der Waals surface area contributed by atoms with Crippen molar-refractivity contribution in [1.82, 2.24) is 9.13 Å². The third-order valence-electron chi connectivity index (χ3n) is 10.1. The lowest BCUT2D eigenvalue weighted by molar-refractivity contribution is 0.669. The molecule has 3 heteroatoms. The van der Waals surface area contributed by atoms with Crippen molar-refractivity contribution in [3.8, 4) is 22.5 Å². The second-order valence-corrected chi connectivity index (χ2v) is 12.8. The van der Waals surface area contributed by atoms with Gasteiger partial charge in [0.2, 0.25) is 0 Å². The fourth-order valence-electron chi connectivity index (χ4n) is 8.10. The van der Waals surface area contributed by atoms with Gasteiger partial charge < -0.3 is 13.6 Å². The Morgan fingerprint density at radius 2 is 1.08 bits per heavy atom. The van der Waals surface area contributed by atoms with E-state index >= 15 is 0 Å². The average molecular weight is 627 g/mol. The number of furan rings is 1. The highest BCUT2D eigenvalue weighted by Crippen LogP contribution is 2.43. The lowest BCUT2D eigenvalue weighted by Crippen LogP contribution is -1.95. The van der Waals surface area contributed by atoms with E-state index in [1.165, 1.54) is 43.4 Å². The molecule has 0 aliphatic heterocycles. The summed E-state index contributed by atoms with van der Waals surface area (Å²) < 4.78 is 27.6. The van der Waals surface area contributed by atoms with E-state index in [1.807, 2.05) is 18.2 Å². The predicted octanol–water partition coefficient (Wildman–Crippen LogP) is 12.6. The number of aromatic nitrogens is 2. The highest BCUT2D eigenvalue weighted by molar-refractivity contribution is 6.29. The molecule has 3 nitrogen and oxygen atoms in total. The van der Waals surface area contributed by atoms with Gasteiger partial charge in [0.25, 0.3) is 0 Å². The summed E-state index contributed by atoms with van der Waals surface area (Å²) in [6.45, 7) is 0. The van der Waals surface area contributed by atoms with Crippen molar-refractivity contribution in [3.63, 3.8) is 0 Å². The Kier molecular flexibility index (Phi) is 5.00. The molecule has 3 heterocycles. The number of hydrogen-bond acceptors (Lipinski definition) is 1. The maximum Gasteiger partial charge on any atom is 0.136 e. The molecule has 3 aromatic heterocycles. The van der Waals surface area contributed by atoms with Crippen LogP contribution in [-0.2, 0) is 0 Å². The first-order valence-corrected chi connectivity index (χ1v) is 16.6. The summed E-state index contributed by atoms with van der Waals surface area (Å²) >= 11 is 0. The number of rotatable bonds is 3. The van der Waals surface area contributed by atoms with E-state index < -0.39 is 0 Å². The maximum atomic E-state index is 8.48. The first kappa shape index (κ1) is 24.6. The maximum absolute atomic E-state index is 8.48. The van der Waals surface area contributed by atoms with E-state index in [0.717, 1.165) is 44.3 Å². The molecule has 0 aliphatic rings. The van der Waals surface area contributed by atoms with Gasteiger partial charge in [0.15, 0.2) is 0 Å². The molecule has 11 rings (SSSR count). The van der Waals surface area contributed by atoms with Crippen LogP contribution in [0.25, 0.3) is 98.8 Å². The van der Waals surface area contributed by atoms with E-state index in [2.05, 4.69) is 143 Å². The molecule has 0 radical (unpaired) electrons. The fraction of sp³-hybridized carbons (Fsp3) is 0. The number of nitrogens with zero attached hydrogens (tertiary/aromatic N) is 2. The Morgan fingerprint density at radius 1 is 0.429 bits per heavy atom. The molecule has 11 aromatic rings. The van der Waals surface area contributed by atoms with Crippen LogP contribution in [0, 0.1) is 0 Å². The van der Waals surface area contributed by atoms with Gasteiger partial charge in [0.1, 0.15) is 11.2 Å². The summed E-state index contributed by atoms with van der Waals surface area (Å²) in [5, 5.41) is 9.19. The number of para-hydroxylation sites is 3. The zero-order chi connectivity index (χ0) is 33.8. The first-order chi connectivity index (χ1) is 25.1. The normalized spacial score (nSPS) is 12.7. The monoisotopic (exact) mass is 626 g/mol. The third kappa shape index (κ3) is 3.73. The van der Waals surface area contributed by atoms with Gasteiger partial charge >= 0.3 is 0 Å². The van der Waals surface area contributed by atoms with Gasteiger partial charge in [-0.3, -0.25) is 0 Å². The Labute approximate surface area is 284 Å². The first-order valence-electron chi connectivity index (χ1n) is 17.6. The van der Waals surface area contributed by atoms with Gasteiger partial charge in [-0.1, -0.05) is 109 Å². The fourth-order valence-corrected chi connectivity index (χ4v) is 8.10. The van der Waals surface area contributed by atoms with Crippen LogP contribution in [0.1, 0.15) is 2.74 Å². The summed E-state index contributed by atoms with van der Waals surface area (Å²) in [4.78, 5) is 0. The Balaban J connectivity index is 1.18. The highest BCUT2D eigenvalue weighted by Gasteiger charge is 2.21. The summed E-state index contributed by atoms with van der Waals surface area (Å²) in [6, 6.07) is 55.9. The molecule has 0 spiro atoms. The van der Waals surface area contributed by atoms with Crippen LogP contribution < -0.4 is 0 Å². The molecule has 0 saturated carbocycles. The minimum Gasteiger partial charge on any atom is -0.456 e. The SMILES string of the molecule is [2H]c1ccc2c(oc3cccc(-c4cccc(-n5c6ccccc6c6c7c8ccccc8n(-c8ccc9ccccc9c8)c7ccc65)c4)c32)c1[2H]. The van der Waals surface area contributed by atoms with E-state index in [1.54, 1.807) is 6.07 Å². The topological polar surface area (TPSA) is 23.0 Å². The minimum atomic E-state index is 0.113. The van der Waals surface area contributed by atoms with Crippen molar-refractivity contribution in [3.05, 3.63) is 170 Å². The van der Waals surface area contributed by atoms with Gasteiger partial charge in [0, 0.05) is 43.7 Å². The Bertz CT molecular complexity index is 3240. The molecule has 0 atom stereocenters. The van der Waals surface area contributed by atoms with Crippen LogP contribution in [0.5, 0.6) is 0 Å². The number of benzene rings is 8. The largest absolute Gasteiger partial charge is 0.456 e. The lowest BCUT2D eigenvalue weighted by atomic mass is 9.99. The van der Waals surface area contributed by atoms with Gasteiger partial charge in [0.05, 0.1) is 24.8 Å². The van der Waals surface area contributed by atoms with E-state index in [0.29, 0.717) is 11.2 Å². The van der Waals surface area contributed by atoms with Crippen molar-refractivity contribution in [2.75, 3.05) is 0 Å². The molecule has 228 valence electrons. The smallest absolute Gasteiger partial charge is 0.136 e. The van der Waals surface area contributed by atoms with E-state index in [4.69, 9.17) is 7.16 Å². The van der Waals surface area contributed by atoms with Crippen LogP contribution in [-0.4, -0.2) is 9.13 Å². The predicted molar refractivity (Wildman–Crippen MR) is 205 cm³/mol. The Hall–Kier alpha value is -6.58. The Morgan fingerprint density at radius 3 is 1.86 bits per heavy atom. The average Bonchev–Trinajstić information content (AvgIpc) is 3.84. The molecule has 0 amide bonds.